The summed E-state index contributed by atoms with van der Waals surface area (Å²) < 4.78 is 11.0. The van der Waals surface area contributed by atoms with Crippen LogP contribution in [0.25, 0.3) is 0 Å². The Bertz CT molecular complexity index is 1180. The lowest BCUT2D eigenvalue weighted by atomic mass is 10.1. The van der Waals surface area contributed by atoms with Crippen LogP contribution in [0.15, 0.2) is 65.8 Å². The van der Waals surface area contributed by atoms with Crippen LogP contribution in [0.3, 0.4) is 0 Å². The number of benzene rings is 3. The molecule has 32 heavy (non-hydrogen) atoms. The van der Waals surface area contributed by atoms with E-state index in [4.69, 9.17) is 9.47 Å². The molecule has 9 nitrogen and oxygen atoms in total. The second-order valence-electron chi connectivity index (χ2n) is 6.76. The summed E-state index contributed by atoms with van der Waals surface area (Å²) in [6, 6.07) is 16.3. The highest BCUT2D eigenvalue weighted by Gasteiger charge is 2.22. The topological polar surface area (TPSA) is 123 Å². The second-order valence-corrected chi connectivity index (χ2v) is 6.76. The Hall–Kier alpha value is -4.40. The maximum absolute atomic E-state index is 12.1. The third-order valence-corrected chi connectivity index (χ3v) is 4.64. The van der Waals surface area contributed by atoms with Crippen LogP contribution in [0.5, 0.6) is 17.2 Å². The lowest BCUT2D eigenvalue weighted by molar-refractivity contribution is -0.386. The fourth-order valence-electron chi connectivity index (χ4n) is 2.93. The molecule has 0 aliphatic heterocycles. The lowest BCUT2D eigenvalue weighted by Gasteiger charge is -2.13. The van der Waals surface area contributed by atoms with Crippen LogP contribution in [-0.2, 0) is 6.61 Å². The van der Waals surface area contributed by atoms with Gasteiger partial charge in [0.2, 0.25) is 5.75 Å². The Kier molecular flexibility index (Phi) is 7.02. The average molecular weight is 435 g/mol. The van der Waals surface area contributed by atoms with E-state index < -0.39 is 10.8 Å². The van der Waals surface area contributed by atoms with Crippen LogP contribution in [-0.4, -0.2) is 29.3 Å². The quantitative estimate of drug-likeness (QED) is 0.314. The van der Waals surface area contributed by atoms with Gasteiger partial charge in [-0.2, -0.15) is 5.10 Å². The van der Waals surface area contributed by atoms with Crippen molar-refractivity contribution in [3.8, 4) is 17.2 Å². The number of hydrazone groups is 1. The Morgan fingerprint density at radius 2 is 1.91 bits per heavy atom. The fraction of sp³-hybridized carbons (Fsp3) is 0.130. The molecule has 0 atom stereocenters. The molecule has 3 rings (SSSR count). The first-order valence-electron chi connectivity index (χ1n) is 9.56. The Balaban J connectivity index is 1.82. The Labute approximate surface area is 184 Å². The van der Waals surface area contributed by atoms with E-state index in [0.717, 1.165) is 11.1 Å². The zero-order chi connectivity index (χ0) is 23.1. The van der Waals surface area contributed by atoms with Crippen LogP contribution in [0.4, 0.5) is 5.69 Å². The number of nitro benzene ring substituents is 1. The van der Waals surface area contributed by atoms with Gasteiger partial charge in [0.15, 0.2) is 5.75 Å². The summed E-state index contributed by atoms with van der Waals surface area (Å²) in [6.07, 6.45) is 1.23. The van der Waals surface area contributed by atoms with E-state index in [1.165, 1.54) is 37.6 Å². The molecular weight excluding hydrogens is 414 g/mol. The number of hydrogen-bond acceptors (Lipinski definition) is 7. The Morgan fingerprint density at radius 3 is 2.59 bits per heavy atom. The molecular formula is C23H21N3O6. The summed E-state index contributed by atoms with van der Waals surface area (Å²) in [5.74, 6) is -0.663. The molecule has 9 heteroatoms. The number of ether oxygens (including phenoxy) is 2. The highest BCUT2D eigenvalue weighted by molar-refractivity contribution is 5.97. The number of nitro groups is 1. The van der Waals surface area contributed by atoms with Crippen molar-refractivity contribution in [2.45, 2.75) is 13.5 Å². The van der Waals surface area contributed by atoms with Gasteiger partial charge >= 0.3 is 5.69 Å². The summed E-state index contributed by atoms with van der Waals surface area (Å²) in [4.78, 5) is 23.2. The molecule has 0 aliphatic carbocycles. The first-order chi connectivity index (χ1) is 15.4. The monoisotopic (exact) mass is 435 g/mol. The van der Waals surface area contributed by atoms with E-state index >= 15 is 0 Å². The number of carbonyl (C=O) groups is 1. The predicted octanol–water partition coefficient (Wildman–Crippen LogP) is 3.96. The van der Waals surface area contributed by atoms with Crippen molar-refractivity contribution in [1.29, 1.82) is 0 Å². The van der Waals surface area contributed by atoms with Crippen LogP contribution in [0.2, 0.25) is 0 Å². The number of hydrogen-bond donors (Lipinski definition) is 2. The van der Waals surface area contributed by atoms with Gasteiger partial charge in [-0.05, 0) is 36.2 Å². The minimum Gasteiger partial charge on any atom is -0.507 e. The molecule has 164 valence electrons. The molecule has 0 saturated heterocycles. The van der Waals surface area contributed by atoms with Crippen molar-refractivity contribution in [1.82, 2.24) is 5.43 Å². The van der Waals surface area contributed by atoms with Crippen LogP contribution in [0, 0.1) is 17.0 Å². The number of nitrogens with zero attached hydrogens (tertiary/aromatic N) is 2. The van der Waals surface area contributed by atoms with Crippen molar-refractivity contribution >= 4 is 17.8 Å². The summed E-state index contributed by atoms with van der Waals surface area (Å²) in [7, 11) is 1.38. The number of para-hydroxylation sites is 1. The van der Waals surface area contributed by atoms with E-state index in [9.17, 15) is 20.0 Å². The third kappa shape index (κ3) is 5.20. The van der Waals surface area contributed by atoms with Gasteiger partial charge in [-0.25, -0.2) is 5.43 Å². The van der Waals surface area contributed by atoms with Crippen LogP contribution < -0.4 is 14.9 Å². The van der Waals surface area contributed by atoms with Crippen LogP contribution in [0.1, 0.15) is 27.0 Å². The average Bonchev–Trinajstić information content (AvgIpc) is 2.78. The summed E-state index contributed by atoms with van der Waals surface area (Å²) >= 11 is 0. The zero-order valence-corrected chi connectivity index (χ0v) is 17.4. The van der Waals surface area contributed by atoms with E-state index in [-0.39, 0.29) is 35.1 Å². The molecule has 0 radical (unpaired) electrons. The number of amides is 1. The Morgan fingerprint density at radius 1 is 1.19 bits per heavy atom. The standard InChI is InChI=1S/C23H21N3O6/c1-15-7-3-4-8-17(15)14-32-22-19(26(29)30)11-16(12-21(22)31-2)13-24-25-23(28)18-9-5-6-10-20(18)27/h3-13,27H,14H2,1-2H3,(H,25,28)/b24-13-. The van der Waals surface area contributed by atoms with Gasteiger partial charge < -0.3 is 14.6 Å². The number of nitrogens with one attached hydrogen (secondary N) is 1. The molecule has 0 aromatic heterocycles. The van der Waals surface area contributed by atoms with Crippen molar-refractivity contribution in [2.75, 3.05) is 7.11 Å². The van der Waals surface area contributed by atoms with Gasteiger partial charge in [-0.15, -0.1) is 0 Å². The van der Waals surface area contributed by atoms with Gasteiger partial charge in [0.1, 0.15) is 12.4 Å². The molecule has 1 amide bonds. The minimum absolute atomic E-state index is 0.00357. The number of phenols is 1. The molecule has 3 aromatic rings. The molecule has 0 unspecified atom stereocenters. The number of aryl methyl sites for hydroxylation is 1. The molecule has 3 aromatic carbocycles. The minimum atomic E-state index is -0.626. The number of aromatic hydroxyl groups is 1. The van der Waals surface area contributed by atoms with Gasteiger partial charge in [-0.1, -0.05) is 36.4 Å². The molecule has 0 bridgehead atoms. The SMILES string of the molecule is COc1cc(/C=N\NC(=O)c2ccccc2O)cc([N+](=O)[O-])c1OCc1ccccc1C. The normalized spacial score (nSPS) is 10.7. The molecule has 0 saturated carbocycles. The number of rotatable bonds is 8. The van der Waals surface area contributed by atoms with Gasteiger partial charge in [0.25, 0.3) is 5.91 Å². The lowest BCUT2D eigenvalue weighted by Crippen LogP contribution is -2.17. The maximum Gasteiger partial charge on any atom is 0.315 e. The van der Waals surface area contributed by atoms with E-state index in [0.29, 0.717) is 5.56 Å². The third-order valence-electron chi connectivity index (χ3n) is 4.64. The summed E-state index contributed by atoms with van der Waals surface area (Å²) in [5, 5.41) is 25.2. The molecule has 0 aliphatic rings. The summed E-state index contributed by atoms with van der Waals surface area (Å²) in [5.41, 5.74) is 4.22. The van der Waals surface area contributed by atoms with Gasteiger partial charge in [-0.3, -0.25) is 14.9 Å². The first kappa shape index (κ1) is 22.3. The number of phenolic OH excluding ortho intramolecular Hbond substituents is 1. The van der Waals surface area contributed by atoms with Gasteiger partial charge in [0.05, 0.1) is 23.8 Å². The smallest absolute Gasteiger partial charge is 0.315 e. The predicted molar refractivity (Wildman–Crippen MR) is 118 cm³/mol. The zero-order valence-electron chi connectivity index (χ0n) is 17.4. The second kappa shape index (κ2) is 10.1. The molecule has 0 heterocycles. The molecule has 0 spiro atoms. The fourth-order valence-corrected chi connectivity index (χ4v) is 2.93. The number of methoxy groups -OCH3 is 1. The van der Waals surface area contributed by atoms with Crippen molar-refractivity contribution < 1.29 is 24.3 Å². The maximum atomic E-state index is 12.1. The van der Waals surface area contributed by atoms with E-state index in [2.05, 4.69) is 10.5 Å². The highest BCUT2D eigenvalue weighted by atomic mass is 16.6. The largest absolute Gasteiger partial charge is 0.507 e. The van der Waals surface area contributed by atoms with Crippen molar-refractivity contribution in [2.24, 2.45) is 5.10 Å². The van der Waals surface area contributed by atoms with Crippen LogP contribution >= 0.6 is 0 Å². The molecule has 0 fully saturated rings. The molecule has 2 N–H and O–H groups in total. The van der Waals surface area contributed by atoms with E-state index in [1.807, 2.05) is 31.2 Å². The number of carbonyl (C=O) groups excluding carboxylic acids is 1. The van der Waals surface area contributed by atoms with Crippen molar-refractivity contribution in [3.63, 3.8) is 0 Å². The van der Waals surface area contributed by atoms with E-state index in [1.54, 1.807) is 12.1 Å². The van der Waals surface area contributed by atoms with Crippen molar-refractivity contribution in [3.05, 3.63) is 93.0 Å². The summed E-state index contributed by atoms with van der Waals surface area (Å²) in [6.45, 7) is 2.06. The highest BCUT2D eigenvalue weighted by Crippen LogP contribution is 2.38. The van der Waals surface area contributed by atoms with Gasteiger partial charge in [0, 0.05) is 11.6 Å². The first-order valence-corrected chi connectivity index (χ1v) is 9.56.